The number of hydrogen-bond donors (Lipinski definition) is 2. The Labute approximate surface area is 118 Å². The van der Waals surface area contributed by atoms with Crippen molar-refractivity contribution in [2.45, 2.75) is 6.92 Å². The first-order valence-electron chi connectivity index (χ1n) is 5.99. The zero-order chi connectivity index (χ0) is 14.1. The van der Waals surface area contributed by atoms with E-state index in [1.807, 2.05) is 24.3 Å². The fourth-order valence-corrected chi connectivity index (χ4v) is 2.65. The van der Waals surface area contributed by atoms with Crippen molar-refractivity contribution in [2.24, 2.45) is 0 Å². The summed E-state index contributed by atoms with van der Waals surface area (Å²) >= 11 is 1.27. The molecule has 5 nitrogen and oxygen atoms in total. The lowest BCUT2D eigenvalue weighted by molar-refractivity contribution is -0.112. The quantitative estimate of drug-likeness (QED) is 0.574. The summed E-state index contributed by atoms with van der Waals surface area (Å²) in [6.07, 6.45) is 1.57. The van der Waals surface area contributed by atoms with Crippen LogP contribution < -0.4 is 5.32 Å². The molecular formula is C14H11N3O2S. The van der Waals surface area contributed by atoms with E-state index in [4.69, 9.17) is 0 Å². The Morgan fingerprint density at radius 3 is 2.85 bits per heavy atom. The maximum absolute atomic E-state index is 12.3. The smallest absolute Gasteiger partial charge is 0.298 e. The number of aryl methyl sites for hydroxylation is 1. The summed E-state index contributed by atoms with van der Waals surface area (Å²) in [5.41, 5.74) is 1.94. The Kier molecular flexibility index (Phi) is 3.08. The van der Waals surface area contributed by atoms with Gasteiger partial charge in [-0.15, -0.1) is 11.3 Å². The van der Waals surface area contributed by atoms with Crippen molar-refractivity contribution in [1.29, 1.82) is 0 Å². The number of para-hydroxylation sites is 1. The molecule has 0 aliphatic heterocycles. The monoisotopic (exact) mass is 285 g/mol. The van der Waals surface area contributed by atoms with Crippen LogP contribution in [0.5, 0.6) is 0 Å². The van der Waals surface area contributed by atoms with Crippen molar-refractivity contribution < 1.29 is 9.59 Å². The van der Waals surface area contributed by atoms with E-state index in [0.29, 0.717) is 16.4 Å². The van der Waals surface area contributed by atoms with E-state index in [0.717, 1.165) is 10.9 Å². The Hall–Kier alpha value is -2.47. The number of carbonyl (C=O) groups is 2. The minimum atomic E-state index is -0.673. The lowest BCUT2D eigenvalue weighted by atomic mass is 10.1. The molecular weight excluding hydrogens is 274 g/mol. The van der Waals surface area contributed by atoms with Gasteiger partial charge in [0.15, 0.2) is 5.13 Å². The van der Waals surface area contributed by atoms with Gasteiger partial charge in [-0.3, -0.25) is 14.9 Å². The van der Waals surface area contributed by atoms with Crippen molar-refractivity contribution in [3.05, 3.63) is 47.1 Å². The van der Waals surface area contributed by atoms with Gasteiger partial charge in [0.05, 0.1) is 5.56 Å². The highest BCUT2D eigenvalue weighted by Crippen LogP contribution is 2.23. The number of carbonyl (C=O) groups excluding carboxylic acids is 2. The lowest BCUT2D eigenvalue weighted by Crippen LogP contribution is -2.23. The molecule has 3 rings (SSSR count). The maximum Gasteiger partial charge on any atom is 0.298 e. The molecule has 0 atom stereocenters. The first-order valence-corrected chi connectivity index (χ1v) is 6.87. The molecule has 20 heavy (non-hydrogen) atoms. The van der Waals surface area contributed by atoms with Gasteiger partial charge in [-0.2, -0.15) is 0 Å². The van der Waals surface area contributed by atoms with Crippen LogP contribution in [0.4, 0.5) is 5.13 Å². The molecule has 2 heterocycles. The third-order valence-electron chi connectivity index (χ3n) is 2.98. The number of rotatable bonds is 3. The first kappa shape index (κ1) is 12.6. The average Bonchev–Trinajstić information content (AvgIpc) is 3.04. The predicted molar refractivity (Wildman–Crippen MR) is 78.1 cm³/mol. The minimum Gasteiger partial charge on any atom is -0.358 e. The molecule has 2 N–H and O–H groups in total. The molecule has 0 aliphatic carbocycles. The van der Waals surface area contributed by atoms with Gasteiger partial charge >= 0.3 is 0 Å². The normalized spacial score (nSPS) is 10.7. The number of benzene rings is 1. The van der Waals surface area contributed by atoms with Gasteiger partial charge in [0.25, 0.3) is 11.7 Å². The number of Topliss-reactive ketones (excluding diaryl/α,β-unsaturated/α-hetero) is 1. The third-order valence-corrected chi connectivity index (χ3v) is 3.67. The van der Waals surface area contributed by atoms with Crippen LogP contribution in [0.1, 0.15) is 16.1 Å². The summed E-state index contributed by atoms with van der Waals surface area (Å²) in [5.74, 6) is -1.23. The molecule has 0 bridgehead atoms. The molecule has 3 aromatic rings. The fraction of sp³-hybridized carbons (Fsp3) is 0.0714. The molecule has 1 amide bonds. The van der Waals surface area contributed by atoms with Crippen molar-refractivity contribution in [2.75, 3.05) is 5.32 Å². The number of ketones is 1. The Morgan fingerprint density at radius 2 is 2.10 bits per heavy atom. The minimum absolute atomic E-state index is 0.412. The Bertz CT molecular complexity index is 790. The van der Waals surface area contributed by atoms with Crippen LogP contribution in [0.25, 0.3) is 10.9 Å². The van der Waals surface area contributed by atoms with Crippen LogP contribution in [0.2, 0.25) is 0 Å². The second-order valence-corrected chi connectivity index (χ2v) is 5.19. The predicted octanol–water partition coefficient (Wildman–Crippen LogP) is 2.75. The standard InChI is InChI=1S/C14H11N3O2S/c1-8-11(9-4-2-3-5-10(9)16-8)12(18)13(19)17-14-15-6-7-20-14/h2-7,16H,1H3,(H,15,17,19). The number of nitrogens with zero attached hydrogens (tertiary/aromatic N) is 1. The van der Waals surface area contributed by atoms with Crippen molar-refractivity contribution in [3.8, 4) is 0 Å². The van der Waals surface area contributed by atoms with Crippen molar-refractivity contribution in [1.82, 2.24) is 9.97 Å². The van der Waals surface area contributed by atoms with E-state index < -0.39 is 11.7 Å². The summed E-state index contributed by atoms with van der Waals surface area (Å²) in [5, 5.41) is 5.41. The molecule has 100 valence electrons. The highest BCUT2D eigenvalue weighted by Gasteiger charge is 2.23. The van der Waals surface area contributed by atoms with Crippen LogP contribution in [0.15, 0.2) is 35.8 Å². The third kappa shape index (κ3) is 2.10. The number of H-pyrrole nitrogens is 1. The molecule has 1 aromatic carbocycles. The van der Waals surface area contributed by atoms with Crippen molar-refractivity contribution in [3.63, 3.8) is 0 Å². The van der Waals surface area contributed by atoms with Crippen LogP contribution in [0.3, 0.4) is 0 Å². The fourth-order valence-electron chi connectivity index (χ4n) is 2.12. The number of nitrogens with one attached hydrogen (secondary N) is 2. The van der Waals surface area contributed by atoms with E-state index in [2.05, 4.69) is 15.3 Å². The SMILES string of the molecule is Cc1[nH]c2ccccc2c1C(=O)C(=O)Nc1nccs1. The summed E-state index contributed by atoms with van der Waals surface area (Å²) in [7, 11) is 0. The number of aromatic amines is 1. The molecule has 0 saturated carbocycles. The molecule has 0 fully saturated rings. The zero-order valence-corrected chi connectivity index (χ0v) is 11.5. The van der Waals surface area contributed by atoms with Crippen LogP contribution in [0, 0.1) is 6.92 Å². The molecule has 6 heteroatoms. The lowest BCUT2D eigenvalue weighted by Gasteiger charge is -2.01. The van der Waals surface area contributed by atoms with Crippen molar-refractivity contribution >= 4 is 39.1 Å². The number of fused-ring (bicyclic) bond motifs is 1. The summed E-state index contributed by atoms with van der Waals surface area (Å²) in [6, 6.07) is 7.41. The van der Waals surface area contributed by atoms with Crippen LogP contribution >= 0.6 is 11.3 Å². The summed E-state index contributed by atoms with van der Waals surface area (Å²) in [6.45, 7) is 1.78. The molecule has 0 spiro atoms. The van der Waals surface area contributed by atoms with E-state index >= 15 is 0 Å². The van der Waals surface area contributed by atoms with Crippen LogP contribution in [-0.2, 0) is 4.79 Å². The second-order valence-electron chi connectivity index (χ2n) is 4.29. The zero-order valence-electron chi connectivity index (χ0n) is 10.6. The number of anilines is 1. The van der Waals surface area contributed by atoms with E-state index in [-0.39, 0.29) is 0 Å². The van der Waals surface area contributed by atoms with E-state index in [1.165, 1.54) is 11.3 Å². The average molecular weight is 285 g/mol. The topological polar surface area (TPSA) is 74.8 Å². The number of amides is 1. The largest absolute Gasteiger partial charge is 0.358 e. The molecule has 0 aliphatic rings. The van der Waals surface area contributed by atoms with Gasteiger partial charge in [0.1, 0.15) is 0 Å². The first-order chi connectivity index (χ1) is 9.66. The maximum atomic E-state index is 12.3. The number of thiazole rings is 1. The van der Waals surface area contributed by atoms with Gasteiger partial charge in [-0.05, 0) is 13.0 Å². The van der Waals surface area contributed by atoms with E-state index in [1.54, 1.807) is 18.5 Å². The summed E-state index contributed by atoms with van der Waals surface area (Å²) in [4.78, 5) is 31.3. The molecule has 0 unspecified atom stereocenters. The van der Waals surface area contributed by atoms with Crippen LogP contribution in [-0.4, -0.2) is 21.7 Å². The summed E-state index contributed by atoms with van der Waals surface area (Å²) < 4.78 is 0. The number of aromatic nitrogens is 2. The van der Waals surface area contributed by atoms with E-state index in [9.17, 15) is 9.59 Å². The Balaban J connectivity index is 1.96. The highest BCUT2D eigenvalue weighted by molar-refractivity contribution is 7.13. The van der Waals surface area contributed by atoms with Gasteiger partial charge in [0, 0.05) is 28.2 Å². The highest BCUT2D eigenvalue weighted by atomic mass is 32.1. The number of hydrogen-bond acceptors (Lipinski definition) is 4. The molecule has 2 aromatic heterocycles. The molecule has 0 radical (unpaired) electrons. The van der Waals surface area contributed by atoms with Gasteiger partial charge < -0.3 is 4.98 Å². The van der Waals surface area contributed by atoms with Gasteiger partial charge in [0.2, 0.25) is 0 Å². The Morgan fingerprint density at radius 1 is 1.30 bits per heavy atom. The van der Waals surface area contributed by atoms with Gasteiger partial charge in [-0.1, -0.05) is 18.2 Å². The van der Waals surface area contributed by atoms with Gasteiger partial charge in [-0.25, -0.2) is 4.98 Å². The molecule has 0 saturated heterocycles. The second kappa shape index (κ2) is 4.90.